The largest absolute Gasteiger partial charge is 0.309 e. The third kappa shape index (κ3) is 4.76. The first kappa shape index (κ1) is 28.4. The number of aryl methyl sites for hydroxylation is 1. The SMILES string of the molecule is c1ccc(-c2ccc3c(c2)c2cc(-c4ccccc4)ccc2n3-c2ccc3c(c2)CCC2CC(C3)c3ccccc3-c3ccccc32)cc1. The monoisotopic (exact) mass is 627 g/mol. The van der Waals surface area contributed by atoms with Gasteiger partial charge in [-0.15, -0.1) is 0 Å². The van der Waals surface area contributed by atoms with Crippen LogP contribution in [0.15, 0.2) is 164 Å². The van der Waals surface area contributed by atoms with E-state index in [1.165, 1.54) is 96.0 Å². The van der Waals surface area contributed by atoms with Crippen LogP contribution in [-0.2, 0) is 12.8 Å². The molecule has 2 unspecified atom stereocenters. The topological polar surface area (TPSA) is 4.93 Å². The Kier molecular flexibility index (Phi) is 6.65. The van der Waals surface area contributed by atoms with Crippen molar-refractivity contribution in [1.29, 1.82) is 0 Å². The summed E-state index contributed by atoms with van der Waals surface area (Å²) in [6.45, 7) is 0. The van der Waals surface area contributed by atoms with Crippen molar-refractivity contribution in [3.63, 3.8) is 0 Å². The second-order valence-electron chi connectivity index (χ2n) is 14.0. The zero-order valence-electron chi connectivity index (χ0n) is 27.5. The maximum absolute atomic E-state index is 2.51. The van der Waals surface area contributed by atoms with E-state index in [0.29, 0.717) is 11.8 Å². The fourth-order valence-corrected chi connectivity index (χ4v) is 8.96. The molecule has 0 N–H and O–H groups in total. The van der Waals surface area contributed by atoms with Gasteiger partial charge in [0.25, 0.3) is 0 Å². The third-order valence-electron chi connectivity index (χ3n) is 11.3. The Morgan fingerprint density at radius 1 is 0.429 bits per heavy atom. The van der Waals surface area contributed by atoms with Crippen molar-refractivity contribution in [2.75, 3.05) is 0 Å². The Morgan fingerprint density at radius 2 is 0.980 bits per heavy atom. The highest BCUT2D eigenvalue weighted by molar-refractivity contribution is 6.11. The van der Waals surface area contributed by atoms with Crippen LogP contribution in [0.4, 0.5) is 0 Å². The third-order valence-corrected chi connectivity index (χ3v) is 11.3. The van der Waals surface area contributed by atoms with Crippen LogP contribution in [0.5, 0.6) is 0 Å². The van der Waals surface area contributed by atoms with Crippen molar-refractivity contribution in [2.24, 2.45) is 0 Å². The summed E-state index contributed by atoms with van der Waals surface area (Å²) in [5.41, 5.74) is 17.7. The Bertz CT molecular complexity index is 2410. The summed E-state index contributed by atoms with van der Waals surface area (Å²) in [5.74, 6) is 1.08. The molecule has 49 heavy (non-hydrogen) atoms. The van der Waals surface area contributed by atoms with Gasteiger partial charge in [0.15, 0.2) is 0 Å². The van der Waals surface area contributed by atoms with Crippen molar-refractivity contribution >= 4 is 21.8 Å². The van der Waals surface area contributed by atoms with Crippen molar-refractivity contribution in [1.82, 2.24) is 4.57 Å². The molecule has 2 aliphatic carbocycles. The lowest BCUT2D eigenvalue weighted by molar-refractivity contribution is 0.492. The highest BCUT2D eigenvalue weighted by atomic mass is 15.0. The zero-order valence-corrected chi connectivity index (χ0v) is 27.5. The molecule has 0 radical (unpaired) electrons. The van der Waals surface area contributed by atoms with Gasteiger partial charge >= 0.3 is 0 Å². The minimum Gasteiger partial charge on any atom is -0.309 e. The maximum atomic E-state index is 2.51. The van der Waals surface area contributed by atoms with Gasteiger partial charge in [-0.2, -0.15) is 0 Å². The molecular formula is C48H37N. The van der Waals surface area contributed by atoms with Crippen LogP contribution in [0, 0.1) is 0 Å². The Balaban J connectivity index is 1.13. The van der Waals surface area contributed by atoms with Gasteiger partial charge in [0.05, 0.1) is 11.0 Å². The standard InChI is InChI=1S/C48H37N/c1-3-11-32(12-4-1)36-22-25-47-45(30-36)46-31-37(33-13-5-2-6-14-33)23-26-48(46)49(47)40-24-21-34-27-39-28-38(20-19-35(34)29-40)41-15-7-9-17-43(41)44-18-10-8-16-42(39)44/h1-18,21-26,29-31,38-39H,19-20,27-28H2. The summed E-state index contributed by atoms with van der Waals surface area (Å²) in [6, 6.07) is 61.3. The molecule has 1 heterocycles. The van der Waals surface area contributed by atoms with Crippen LogP contribution in [0.2, 0.25) is 0 Å². The number of hydrogen-bond donors (Lipinski definition) is 0. The van der Waals surface area contributed by atoms with Gasteiger partial charge in [0, 0.05) is 16.5 Å². The van der Waals surface area contributed by atoms with E-state index in [1.807, 2.05) is 0 Å². The summed E-state index contributed by atoms with van der Waals surface area (Å²) in [5, 5.41) is 2.58. The molecule has 0 fully saturated rings. The first-order valence-corrected chi connectivity index (χ1v) is 17.8. The highest BCUT2D eigenvalue weighted by Crippen LogP contribution is 2.48. The summed E-state index contributed by atoms with van der Waals surface area (Å²) >= 11 is 0. The fourth-order valence-electron chi connectivity index (χ4n) is 8.96. The van der Waals surface area contributed by atoms with Crippen molar-refractivity contribution < 1.29 is 0 Å². The molecule has 0 amide bonds. The molecule has 7 aromatic carbocycles. The summed E-state index contributed by atoms with van der Waals surface area (Å²) in [6.07, 6.45) is 4.57. The Morgan fingerprint density at radius 3 is 1.59 bits per heavy atom. The van der Waals surface area contributed by atoms with Crippen LogP contribution < -0.4 is 0 Å². The molecular weight excluding hydrogens is 591 g/mol. The second-order valence-corrected chi connectivity index (χ2v) is 14.0. The maximum Gasteiger partial charge on any atom is 0.0541 e. The Labute approximate surface area is 288 Å². The number of nitrogens with zero attached hydrogens (tertiary/aromatic N) is 1. The van der Waals surface area contributed by atoms with Crippen LogP contribution in [0.1, 0.15) is 46.9 Å². The van der Waals surface area contributed by atoms with Crippen LogP contribution >= 0.6 is 0 Å². The van der Waals surface area contributed by atoms with E-state index in [0.717, 1.165) is 12.8 Å². The van der Waals surface area contributed by atoms with Crippen molar-refractivity contribution in [3.05, 3.63) is 186 Å². The highest BCUT2D eigenvalue weighted by Gasteiger charge is 2.31. The van der Waals surface area contributed by atoms with Crippen LogP contribution in [0.3, 0.4) is 0 Å². The molecule has 234 valence electrons. The number of benzene rings is 7. The van der Waals surface area contributed by atoms with E-state index in [1.54, 1.807) is 0 Å². The smallest absolute Gasteiger partial charge is 0.0541 e. The van der Waals surface area contributed by atoms with E-state index in [4.69, 9.17) is 0 Å². The van der Waals surface area contributed by atoms with Crippen LogP contribution in [0.25, 0.3) is 60.9 Å². The van der Waals surface area contributed by atoms with E-state index in [2.05, 4.69) is 168 Å². The molecule has 2 aliphatic rings. The quantitative estimate of drug-likeness (QED) is 0.184. The lowest BCUT2D eigenvalue weighted by Crippen LogP contribution is -2.14. The van der Waals surface area contributed by atoms with Gasteiger partial charge in [-0.25, -0.2) is 0 Å². The first-order chi connectivity index (χ1) is 24.3. The van der Waals surface area contributed by atoms with Crippen molar-refractivity contribution in [2.45, 2.75) is 37.5 Å². The first-order valence-electron chi connectivity index (χ1n) is 17.8. The second kappa shape index (κ2) is 11.5. The van der Waals surface area contributed by atoms with Crippen LogP contribution in [-0.4, -0.2) is 4.57 Å². The van der Waals surface area contributed by atoms with E-state index in [9.17, 15) is 0 Å². The molecule has 2 bridgehead atoms. The predicted octanol–water partition coefficient (Wildman–Crippen LogP) is 12.5. The predicted molar refractivity (Wildman–Crippen MR) is 206 cm³/mol. The van der Waals surface area contributed by atoms with Gasteiger partial charge in [0.1, 0.15) is 0 Å². The molecule has 0 aliphatic heterocycles. The molecule has 10 rings (SSSR count). The Hall–Kier alpha value is -5.66. The normalized spacial score (nSPS) is 16.7. The molecule has 0 saturated carbocycles. The number of aromatic nitrogens is 1. The lowest BCUT2D eigenvalue weighted by atomic mass is 9.77. The zero-order chi connectivity index (χ0) is 32.3. The summed E-state index contributed by atoms with van der Waals surface area (Å²) in [7, 11) is 0. The molecule has 1 aromatic heterocycles. The molecule has 0 spiro atoms. The summed E-state index contributed by atoms with van der Waals surface area (Å²) < 4.78 is 2.50. The molecule has 1 heteroatoms. The van der Waals surface area contributed by atoms with E-state index in [-0.39, 0.29) is 0 Å². The van der Waals surface area contributed by atoms with Gasteiger partial charge in [0.2, 0.25) is 0 Å². The minimum atomic E-state index is 0.513. The average molecular weight is 628 g/mol. The molecule has 2 atom stereocenters. The lowest BCUT2D eigenvalue weighted by Gasteiger charge is -2.27. The summed E-state index contributed by atoms with van der Waals surface area (Å²) in [4.78, 5) is 0. The van der Waals surface area contributed by atoms with Gasteiger partial charge < -0.3 is 4.57 Å². The van der Waals surface area contributed by atoms with Gasteiger partial charge in [-0.1, -0.05) is 127 Å². The number of fused-ring (bicyclic) bond motifs is 11. The minimum absolute atomic E-state index is 0.513. The van der Waals surface area contributed by atoms with Gasteiger partial charge in [-0.05, 0) is 130 Å². The van der Waals surface area contributed by atoms with E-state index < -0.39 is 0 Å². The van der Waals surface area contributed by atoms with Gasteiger partial charge in [-0.3, -0.25) is 0 Å². The average Bonchev–Trinajstić information content (AvgIpc) is 3.41. The molecule has 1 nitrogen and oxygen atoms in total. The molecule has 0 saturated heterocycles. The number of rotatable bonds is 3. The number of hydrogen-bond acceptors (Lipinski definition) is 0. The fraction of sp³-hybridized carbons (Fsp3) is 0.125. The van der Waals surface area contributed by atoms with E-state index >= 15 is 0 Å². The molecule has 8 aromatic rings. The van der Waals surface area contributed by atoms with Crippen molar-refractivity contribution in [3.8, 4) is 39.1 Å².